The van der Waals surface area contributed by atoms with Gasteiger partial charge in [-0.2, -0.15) is 12.8 Å². The van der Waals surface area contributed by atoms with Gasteiger partial charge in [-0.25, -0.2) is 0 Å². The molecule has 1 aliphatic heterocycles. The van der Waals surface area contributed by atoms with Gasteiger partial charge in [-0.3, -0.25) is 4.99 Å². The maximum Gasteiger partial charge on any atom is 0.284 e. The maximum atomic E-state index is 11.4. The second kappa shape index (κ2) is 2.77. The van der Waals surface area contributed by atoms with E-state index in [4.69, 9.17) is 0 Å². The van der Waals surface area contributed by atoms with Gasteiger partial charge in [-0.15, -0.1) is 0 Å². The van der Waals surface area contributed by atoms with E-state index in [0.29, 0.717) is 5.69 Å². The van der Waals surface area contributed by atoms with Crippen molar-refractivity contribution in [3.8, 4) is 0 Å². The third-order valence-electron chi connectivity index (χ3n) is 1.62. The second-order valence-electron chi connectivity index (χ2n) is 2.48. The number of hydrogen-bond acceptors (Lipinski definition) is 3. The van der Waals surface area contributed by atoms with Gasteiger partial charge < -0.3 is 0 Å². The molecule has 0 aliphatic carbocycles. The summed E-state index contributed by atoms with van der Waals surface area (Å²) in [7, 11) is -3.53. The molecule has 0 saturated carbocycles. The number of sulfonamides is 1. The normalized spacial score (nSPS) is 17.8. The van der Waals surface area contributed by atoms with Crippen LogP contribution in [-0.2, 0) is 10.0 Å². The first kappa shape index (κ1) is 8.12. The molecule has 0 saturated heterocycles. The number of aliphatic imine (C=N–C) groups is 1. The van der Waals surface area contributed by atoms with Crippen molar-refractivity contribution in [1.82, 2.24) is 0 Å². The Balaban J connectivity index is 2.79. The first-order valence-electron chi connectivity index (χ1n) is 3.62. The molecule has 5 heteroatoms. The molecular formula is C8H6N2O2S. The Bertz CT molecular complexity index is 489. The minimum atomic E-state index is -3.53. The Kier molecular flexibility index (Phi) is 1.73. The maximum absolute atomic E-state index is 11.4. The quantitative estimate of drug-likeness (QED) is 0.622. The molecule has 2 rings (SSSR count). The Morgan fingerprint density at radius 3 is 2.69 bits per heavy atom. The Hall–Kier alpha value is -1.49. The number of fused-ring (bicyclic) bond motifs is 1. The van der Waals surface area contributed by atoms with Crippen molar-refractivity contribution >= 4 is 28.1 Å². The summed E-state index contributed by atoms with van der Waals surface area (Å²) < 4.78 is 26.2. The SMILES string of the molecule is O=S1(=O)N=CC=Nc2ccccc21. The number of hydrogen-bond donors (Lipinski definition) is 0. The highest BCUT2D eigenvalue weighted by atomic mass is 32.2. The van der Waals surface area contributed by atoms with Crippen LogP contribution in [0.3, 0.4) is 0 Å². The molecule has 1 heterocycles. The Labute approximate surface area is 75.7 Å². The minimum Gasteiger partial charge on any atom is -0.254 e. The Morgan fingerprint density at radius 1 is 1.08 bits per heavy atom. The molecule has 0 amide bonds. The molecule has 1 aliphatic rings. The van der Waals surface area contributed by atoms with E-state index in [1.165, 1.54) is 18.5 Å². The van der Waals surface area contributed by atoms with Crippen LogP contribution < -0.4 is 0 Å². The Morgan fingerprint density at radius 2 is 1.85 bits per heavy atom. The summed E-state index contributed by atoms with van der Waals surface area (Å²) >= 11 is 0. The van der Waals surface area contributed by atoms with Crippen LogP contribution >= 0.6 is 0 Å². The van der Waals surface area contributed by atoms with Crippen molar-refractivity contribution in [2.75, 3.05) is 0 Å². The summed E-state index contributed by atoms with van der Waals surface area (Å²) in [4.78, 5) is 4.08. The van der Waals surface area contributed by atoms with Crippen LogP contribution in [0.15, 0.2) is 38.6 Å². The molecule has 0 radical (unpaired) electrons. The van der Waals surface area contributed by atoms with Gasteiger partial charge >= 0.3 is 0 Å². The first-order chi connectivity index (χ1) is 6.20. The molecule has 0 spiro atoms. The van der Waals surface area contributed by atoms with Gasteiger partial charge in [0.1, 0.15) is 4.90 Å². The summed E-state index contributed by atoms with van der Waals surface area (Å²) in [6, 6.07) is 6.51. The van der Waals surface area contributed by atoms with Crippen molar-refractivity contribution in [2.45, 2.75) is 4.90 Å². The van der Waals surface area contributed by atoms with Gasteiger partial charge in [0.05, 0.1) is 11.9 Å². The van der Waals surface area contributed by atoms with E-state index in [1.54, 1.807) is 18.2 Å². The smallest absolute Gasteiger partial charge is 0.254 e. The van der Waals surface area contributed by atoms with Crippen LogP contribution in [0.4, 0.5) is 5.69 Å². The molecule has 0 aromatic heterocycles. The van der Waals surface area contributed by atoms with Crippen molar-refractivity contribution in [2.24, 2.45) is 9.39 Å². The van der Waals surface area contributed by atoms with E-state index in [1.807, 2.05) is 0 Å². The topological polar surface area (TPSA) is 58.9 Å². The summed E-state index contributed by atoms with van der Waals surface area (Å²) in [5, 5.41) is 0. The summed E-state index contributed by atoms with van der Waals surface area (Å²) in [5.41, 5.74) is 0.431. The first-order valence-corrected chi connectivity index (χ1v) is 5.06. The molecule has 0 N–H and O–H groups in total. The van der Waals surface area contributed by atoms with Crippen LogP contribution in [0, 0.1) is 0 Å². The number of para-hydroxylation sites is 1. The van der Waals surface area contributed by atoms with Gasteiger partial charge in [0.25, 0.3) is 10.0 Å². The van der Waals surface area contributed by atoms with Crippen LogP contribution in [0.2, 0.25) is 0 Å². The summed E-state index contributed by atoms with van der Waals surface area (Å²) in [6.07, 6.45) is 2.54. The number of nitrogens with zero attached hydrogens (tertiary/aromatic N) is 2. The third kappa shape index (κ3) is 1.38. The lowest BCUT2D eigenvalue weighted by molar-refractivity contribution is 0.598. The average molecular weight is 194 g/mol. The average Bonchev–Trinajstić information content (AvgIpc) is 2.26. The van der Waals surface area contributed by atoms with E-state index in [9.17, 15) is 8.42 Å². The fraction of sp³-hybridized carbons (Fsp3) is 0. The van der Waals surface area contributed by atoms with Gasteiger partial charge in [0.2, 0.25) is 0 Å². The van der Waals surface area contributed by atoms with Crippen molar-refractivity contribution in [3.63, 3.8) is 0 Å². The summed E-state index contributed by atoms with van der Waals surface area (Å²) in [5.74, 6) is 0. The number of rotatable bonds is 0. The largest absolute Gasteiger partial charge is 0.284 e. The molecule has 13 heavy (non-hydrogen) atoms. The molecule has 66 valence electrons. The lowest BCUT2D eigenvalue weighted by atomic mass is 10.3. The lowest BCUT2D eigenvalue weighted by Crippen LogP contribution is -1.95. The van der Waals surface area contributed by atoms with Gasteiger partial charge in [0.15, 0.2) is 0 Å². The second-order valence-corrected chi connectivity index (χ2v) is 4.08. The fourth-order valence-electron chi connectivity index (χ4n) is 1.06. The zero-order valence-corrected chi connectivity index (χ0v) is 7.40. The highest BCUT2D eigenvalue weighted by Crippen LogP contribution is 2.25. The summed E-state index contributed by atoms with van der Waals surface area (Å²) in [6.45, 7) is 0. The molecule has 0 atom stereocenters. The van der Waals surface area contributed by atoms with E-state index >= 15 is 0 Å². The third-order valence-corrected chi connectivity index (χ3v) is 2.92. The van der Waals surface area contributed by atoms with E-state index in [-0.39, 0.29) is 4.90 Å². The predicted octanol–water partition coefficient (Wildman–Crippen LogP) is 1.16. The monoisotopic (exact) mass is 194 g/mol. The van der Waals surface area contributed by atoms with Crippen LogP contribution in [0.5, 0.6) is 0 Å². The fourth-order valence-corrected chi connectivity index (χ4v) is 2.02. The zero-order valence-electron chi connectivity index (χ0n) is 6.58. The zero-order chi connectivity index (χ0) is 9.31. The molecule has 0 unspecified atom stereocenters. The molecule has 1 aromatic carbocycles. The molecule has 0 bridgehead atoms. The molecule has 0 fully saturated rings. The van der Waals surface area contributed by atoms with Crippen molar-refractivity contribution < 1.29 is 8.42 Å². The van der Waals surface area contributed by atoms with Gasteiger partial charge in [-0.1, -0.05) is 12.1 Å². The molecule has 4 nitrogen and oxygen atoms in total. The van der Waals surface area contributed by atoms with Crippen LogP contribution in [0.25, 0.3) is 0 Å². The van der Waals surface area contributed by atoms with Crippen molar-refractivity contribution in [3.05, 3.63) is 24.3 Å². The predicted molar refractivity (Wildman–Crippen MR) is 50.3 cm³/mol. The van der Waals surface area contributed by atoms with Crippen LogP contribution in [0.1, 0.15) is 0 Å². The van der Waals surface area contributed by atoms with Gasteiger partial charge in [-0.05, 0) is 12.1 Å². The minimum absolute atomic E-state index is 0.153. The lowest BCUT2D eigenvalue weighted by Gasteiger charge is -1.99. The van der Waals surface area contributed by atoms with E-state index < -0.39 is 10.0 Å². The highest BCUT2D eigenvalue weighted by molar-refractivity contribution is 7.90. The van der Waals surface area contributed by atoms with Crippen molar-refractivity contribution in [1.29, 1.82) is 0 Å². The highest BCUT2D eigenvalue weighted by Gasteiger charge is 2.16. The van der Waals surface area contributed by atoms with E-state index in [2.05, 4.69) is 9.39 Å². The number of benzene rings is 1. The van der Waals surface area contributed by atoms with Crippen LogP contribution in [-0.4, -0.2) is 20.8 Å². The standard InChI is InChI=1S/C8H6N2O2S/c11-13(12)8-4-2-1-3-7(8)9-5-6-10-13/h1-6H. The molecule has 1 aromatic rings. The van der Waals surface area contributed by atoms with Gasteiger partial charge in [0, 0.05) is 6.21 Å². The molecular weight excluding hydrogens is 188 g/mol. The van der Waals surface area contributed by atoms with E-state index in [0.717, 1.165) is 0 Å².